The third-order valence-corrected chi connectivity index (χ3v) is 5.71. The summed E-state index contributed by atoms with van der Waals surface area (Å²) < 4.78 is 5.11. The van der Waals surface area contributed by atoms with E-state index >= 15 is 0 Å². The van der Waals surface area contributed by atoms with Crippen LogP contribution >= 0.6 is 11.8 Å². The first kappa shape index (κ1) is 20.5. The van der Waals surface area contributed by atoms with Gasteiger partial charge < -0.3 is 10.5 Å². The Morgan fingerprint density at radius 3 is 2.74 bits per heavy atom. The van der Waals surface area contributed by atoms with Gasteiger partial charge in [-0.1, -0.05) is 30.0 Å². The van der Waals surface area contributed by atoms with Gasteiger partial charge in [-0.3, -0.25) is 14.6 Å². The van der Waals surface area contributed by atoms with Crippen molar-refractivity contribution in [1.82, 2.24) is 4.98 Å². The number of amides is 2. The van der Waals surface area contributed by atoms with Crippen LogP contribution in [-0.4, -0.2) is 40.5 Å². The standard InChI is InChI=1S/C22H19N5O3S/c1-30-16-8-6-15(7-9-16)27-20(28)12-19(21(27)29)31-22(23)26-25-13-14-10-11-24-18-5-3-2-4-17(14)18/h2-11,13,19H,12H2,1H3,(H2,23,26)/b25-13-/t19-/m0/s1. The van der Waals surface area contributed by atoms with E-state index in [4.69, 9.17) is 10.5 Å². The number of benzene rings is 2. The van der Waals surface area contributed by atoms with Gasteiger partial charge in [0.15, 0.2) is 5.17 Å². The number of amidine groups is 1. The molecule has 2 heterocycles. The molecule has 0 aliphatic carbocycles. The number of nitrogens with two attached hydrogens (primary N) is 1. The largest absolute Gasteiger partial charge is 0.497 e. The Hall–Kier alpha value is -3.72. The van der Waals surface area contributed by atoms with Crippen molar-refractivity contribution < 1.29 is 14.3 Å². The summed E-state index contributed by atoms with van der Waals surface area (Å²) in [5, 5.41) is 8.43. The average molecular weight is 433 g/mol. The van der Waals surface area contributed by atoms with E-state index in [0.717, 1.165) is 33.1 Å². The lowest BCUT2D eigenvalue weighted by molar-refractivity contribution is -0.121. The molecule has 1 atom stereocenters. The molecule has 2 amide bonds. The Balaban J connectivity index is 1.44. The van der Waals surface area contributed by atoms with Crippen LogP contribution in [0.1, 0.15) is 12.0 Å². The summed E-state index contributed by atoms with van der Waals surface area (Å²) >= 11 is 1.03. The quantitative estimate of drug-likeness (QED) is 0.287. The molecule has 0 radical (unpaired) electrons. The number of carbonyl (C=O) groups excluding carboxylic acids is 2. The molecule has 31 heavy (non-hydrogen) atoms. The lowest BCUT2D eigenvalue weighted by Gasteiger charge is -2.15. The second-order valence-corrected chi connectivity index (χ2v) is 7.90. The number of carbonyl (C=O) groups is 2. The number of anilines is 1. The number of pyridine rings is 1. The topological polar surface area (TPSA) is 110 Å². The summed E-state index contributed by atoms with van der Waals surface area (Å²) in [5.74, 6) is 0.0274. The van der Waals surface area contributed by atoms with Crippen LogP contribution in [0.25, 0.3) is 10.9 Å². The summed E-state index contributed by atoms with van der Waals surface area (Å²) in [6, 6.07) is 16.3. The fourth-order valence-corrected chi connectivity index (χ4v) is 4.06. The minimum atomic E-state index is -0.643. The molecule has 1 fully saturated rings. The van der Waals surface area contributed by atoms with Crippen LogP contribution in [0.3, 0.4) is 0 Å². The summed E-state index contributed by atoms with van der Waals surface area (Å²) in [7, 11) is 1.55. The number of hydrogen-bond donors (Lipinski definition) is 1. The Bertz CT molecular complexity index is 1190. The minimum Gasteiger partial charge on any atom is -0.497 e. The lowest BCUT2D eigenvalue weighted by Crippen LogP contribution is -2.31. The predicted octanol–water partition coefficient (Wildman–Crippen LogP) is 2.96. The van der Waals surface area contributed by atoms with Gasteiger partial charge in [-0.2, -0.15) is 5.10 Å². The highest BCUT2D eigenvalue weighted by molar-refractivity contribution is 8.14. The van der Waals surface area contributed by atoms with E-state index in [1.807, 2.05) is 30.3 Å². The Morgan fingerprint density at radius 2 is 1.97 bits per heavy atom. The lowest BCUT2D eigenvalue weighted by atomic mass is 10.1. The molecular formula is C22H19N5O3S. The molecule has 0 spiro atoms. The second kappa shape index (κ2) is 8.97. The van der Waals surface area contributed by atoms with Crippen molar-refractivity contribution in [2.75, 3.05) is 12.0 Å². The van der Waals surface area contributed by atoms with Gasteiger partial charge in [-0.25, -0.2) is 4.90 Å². The highest BCUT2D eigenvalue weighted by Crippen LogP contribution is 2.30. The van der Waals surface area contributed by atoms with Crippen molar-refractivity contribution in [3.63, 3.8) is 0 Å². The third kappa shape index (κ3) is 4.41. The molecule has 2 N–H and O–H groups in total. The van der Waals surface area contributed by atoms with Crippen molar-refractivity contribution in [2.24, 2.45) is 15.9 Å². The van der Waals surface area contributed by atoms with Crippen molar-refractivity contribution in [3.05, 3.63) is 66.4 Å². The maximum atomic E-state index is 12.7. The van der Waals surface area contributed by atoms with E-state index in [1.165, 1.54) is 0 Å². The molecule has 2 aromatic carbocycles. The van der Waals surface area contributed by atoms with Gasteiger partial charge in [0.1, 0.15) is 11.0 Å². The summed E-state index contributed by atoms with van der Waals surface area (Å²) in [6.45, 7) is 0. The zero-order valence-electron chi connectivity index (χ0n) is 16.6. The molecule has 3 aromatic rings. The number of rotatable bonds is 5. The highest BCUT2D eigenvalue weighted by atomic mass is 32.2. The Morgan fingerprint density at radius 1 is 1.19 bits per heavy atom. The predicted molar refractivity (Wildman–Crippen MR) is 122 cm³/mol. The second-order valence-electron chi connectivity index (χ2n) is 6.68. The van der Waals surface area contributed by atoms with Crippen LogP contribution < -0.4 is 15.4 Å². The molecule has 1 aliphatic heterocycles. The maximum absolute atomic E-state index is 12.7. The molecule has 0 saturated carbocycles. The van der Waals surface area contributed by atoms with E-state index in [9.17, 15) is 9.59 Å². The number of hydrogen-bond acceptors (Lipinski definition) is 7. The number of methoxy groups -OCH3 is 1. The van der Waals surface area contributed by atoms with Gasteiger partial charge in [0.05, 0.1) is 24.5 Å². The fourth-order valence-electron chi connectivity index (χ4n) is 3.25. The summed E-state index contributed by atoms with van der Waals surface area (Å²) in [6.07, 6.45) is 3.33. The number of aromatic nitrogens is 1. The van der Waals surface area contributed by atoms with Crippen LogP contribution in [0.4, 0.5) is 5.69 Å². The van der Waals surface area contributed by atoms with E-state index in [0.29, 0.717) is 11.4 Å². The van der Waals surface area contributed by atoms with E-state index in [2.05, 4.69) is 15.2 Å². The first-order valence-electron chi connectivity index (χ1n) is 9.44. The normalized spacial score (nSPS) is 17.1. The van der Waals surface area contributed by atoms with Crippen LogP contribution in [0, 0.1) is 0 Å². The smallest absolute Gasteiger partial charge is 0.247 e. The number of fused-ring (bicyclic) bond motifs is 1. The van der Waals surface area contributed by atoms with Gasteiger partial charge in [0.2, 0.25) is 11.8 Å². The van der Waals surface area contributed by atoms with Gasteiger partial charge in [-0.05, 0) is 36.4 Å². The third-order valence-electron chi connectivity index (χ3n) is 4.73. The zero-order chi connectivity index (χ0) is 21.8. The monoisotopic (exact) mass is 433 g/mol. The molecule has 4 rings (SSSR count). The van der Waals surface area contributed by atoms with E-state index in [-0.39, 0.29) is 23.4 Å². The average Bonchev–Trinajstić information content (AvgIpc) is 3.06. The van der Waals surface area contributed by atoms with Crippen LogP contribution in [0.15, 0.2) is 71.0 Å². The van der Waals surface area contributed by atoms with Crippen molar-refractivity contribution in [1.29, 1.82) is 0 Å². The van der Waals surface area contributed by atoms with Crippen molar-refractivity contribution in [2.45, 2.75) is 11.7 Å². The van der Waals surface area contributed by atoms with Crippen molar-refractivity contribution in [3.8, 4) is 5.75 Å². The molecule has 156 valence electrons. The van der Waals surface area contributed by atoms with E-state index in [1.54, 1.807) is 43.8 Å². The number of nitrogens with zero attached hydrogens (tertiary/aromatic N) is 4. The maximum Gasteiger partial charge on any atom is 0.247 e. The fraction of sp³-hybridized carbons (Fsp3) is 0.136. The van der Waals surface area contributed by atoms with Crippen molar-refractivity contribution >= 4 is 51.5 Å². The van der Waals surface area contributed by atoms with Gasteiger partial charge in [-0.15, -0.1) is 5.10 Å². The van der Waals surface area contributed by atoms with Crippen LogP contribution in [0.5, 0.6) is 5.75 Å². The zero-order valence-corrected chi connectivity index (χ0v) is 17.5. The number of imide groups is 1. The highest BCUT2D eigenvalue weighted by Gasteiger charge is 2.40. The van der Waals surface area contributed by atoms with Crippen LogP contribution in [0.2, 0.25) is 0 Å². The first-order valence-corrected chi connectivity index (χ1v) is 10.3. The molecule has 9 heteroatoms. The summed E-state index contributed by atoms with van der Waals surface area (Å²) in [4.78, 5) is 30.6. The molecule has 1 saturated heterocycles. The summed E-state index contributed by atoms with van der Waals surface area (Å²) in [5.41, 5.74) is 8.15. The molecule has 0 bridgehead atoms. The van der Waals surface area contributed by atoms with Gasteiger partial charge in [0.25, 0.3) is 0 Å². The Kier molecular flexibility index (Phi) is 5.94. The molecular weight excluding hydrogens is 414 g/mol. The van der Waals surface area contributed by atoms with Gasteiger partial charge in [0, 0.05) is 23.6 Å². The number of ether oxygens (including phenoxy) is 1. The van der Waals surface area contributed by atoms with E-state index < -0.39 is 5.25 Å². The number of thioether (sulfide) groups is 1. The van der Waals surface area contributed by atoms with Crippen LogP contribution in [-0.2, 0) is 9.59 Å². The Labute approximate surface area is 182 Å². The van der Waals surface area contributed by atoms with Gasteiger partial charge >= 0.3 is 0 Å². The minimum absolute atomic E-state index is 0.0461. The first-order chi connectivity index (χ1) is 15.1. The number of para-hydroxylation sites is 1. The SMILES string of the molecule is COc1ccc(N2C(=O)C[C@H](SC(N)=N/N=C\c3ccnc4ccccc34)C2=O)cc1. The molecule has 8 nitrogen and oxygen atoms in total. The molecule has 0 unspecified atom stereocenters. The molecule has 1 aromatic heterocycles. The molecule has 1 aliphatic rings.